The summed E-state index contributed by atoms with van der Waals surface area (Å²) in [7, 11) is -4.04. The number of nitrogens with zero attached hydrogens (tertiary/aromatic N) is 1. The summed E-state index contributed by atoms with van der Waals surface area (Å²) in [5.41, 5.74) is 0. The number of nitrogens with one attached hydrogen (secondary N) is 1. The largest absolute Gasteiger partial charge is 0.456 e. The fourth-order valence-corrected chi connectivity index (χ4v) is 4.65. The minimum Gasteiger partial charge on any atom is -0.456 e. The molecule has 2 aromatic carbocycles. The zero-order valence-corrected chi connectivity index (χ0v) is 15.3. The van der Waals surface area contributed by atoms with Crippen molar-refractivity contribution in [3.05, 3.63) is 52.3 Å². The van der Waals surface area contributed by atoms with Crippen LogP contribution in [-0.4, -0.2) is 38.9 Å². The van der Waals surface area contributed by atoms with Crippen LogP contribution in [-0.2, 0) is 10.0 Å². The van der Waals surface area contributed by atoms with E-state index in [0.717, 1.165) is 6.07 Å². The van der Waals surface area contributed by atoms with Gasteiger partial charge in [0.25, 0.3) is 0 Å². The highest BCUT2D eigenvalue weighted by atomic mass is 35.5. The van der Waals surface area contributed by atoms with Crippen molar-refractivity contribution in [3.8, 4) is 11.5 Å². The van der Waals surface area contributed by atoms with E-state index in [4.69, 9.17) is 27.9 Å². The van der Waals surface area contributed by atoms with Gasteiger partial charge in [-0.25, -0.2) is 12.8 Å². The SMILES string of the molecule is O=S(=O)(c1c(F)cccc1Oc1cc(Cl)cc(Cl)c1)N1CCNCC1. The van der Waals surface area contributed by atoms with Crippen LogP contribution in [0.25, 0.3) is 0 Å². The summed E-state index contributed by atoms with van der Waals surface area (Å²) in [6, 6.07) is 8.33. The van der Waals surface area contributed by atoms with Gasteiger partial charge in [0.2, 0.25) is 10.0 Å². The van der Waals surface area contributed by atoms with E-state index < -0.39 is 20.7 Å². The van der Waals surface area contributed by atoms with Crippen LogP contribution in [0.2, 0.25) is 10.0 Å². The topological polar surface area (TPSA) is 58.6 Å². The van der Waals surface area contributed by atoms with E-state index in [9.17, 15) is 12.8 Å². The van der Waals surface area contributed by atoms with Gasteiger partial charge in [-0.05, 0) is 30.3 Å². The molecule has 0 saturated carbocycles. The number of halogens is 3. The lowest BCUT2D eigenvalue weighted by atomic mass is 10.3. The fourth-order valence-electron chi connectivity index (χ4n) is 2.55. The Morgan fingerprint density at radius 2 is 1.72 bits per heavy atom. The third-order valence-corrected chi connectivity index (χ3v) is 6.06. The normalized spacial score (nSPS) is 16.0. The molecule has 1 N–H and O–H groups in total. The molecule has 1 aliphatic rings. The molecule has 0 spiro atoms. The summed E-state index contributed by atoms with van der Waals surface area (Å²) in [6.07, 6.45) is 0. The molecule has 25 heavy (non-hydrogen) atoms. The second kappa shape index (κ2) is 7.47. The molecule has 1 heterocycles. The zero-order valence-electron chi connectivity index (χ0n) is 13.0. The average molecular weight is 405 g/mol. The minimum absolute atomic E-state index is 0.114. The van der Waals surface area contributed by atoms with Crippen LogP contribution < -0.4 is 10.1 Å². The van der Waals surface area contributed by atoms with Crippen molar-refractivity contribution in [2.75, 3.05) is 26.2 Å². The number of hydrogen-bond acceptors (Lipinski definition) is 4. The maximum Gasteiger partial charge on any atom is 0.249 e. The number of piperazine rings is 1. The zero-order chi connectivity index (χ0) is 18.0. The van der Waals surface area contributed by atoms with E-state index in [-0.39, 0.29) is 24.6 Å². The Hall–Kier alpha value is -1.38. The first-order valence-corrected chi connectivity index (χ1v) is 9.71. The van der Waals surface area contributed by atoms with E-state index in [0.29, 0.717) is 23.1 Å². The second-order valence-corrected chi connectivity index (χ2v) is 8.18. The van der Waals surface area contributed by atoms with Crippen molar-refractivity contribution in [1.29, 1.82) is 0 Å². The Balaban J connectivity index is 2.02. The lowest BCUT2D eigenvalue weighted by Gasteiger charge is -2.27. The van der Waals surface area contributed by atoms with Gasteiger partial charge in [-0.2, -0.15) is 4.31 Å². The van der Waals surface area contributed by atoms with E-state index in [1.165, 1.54) is 34.6 Å². The molecule has 2 aromatic rings. The first kappa shape index (κ1) is 18.4. The van der Waals surface area contributed by atoms with Gasteiger partial charge in [-0.3, -0.25) is 0 Å². The van der Waals surface area contributed by atoms with Gasteiger partial charge in [0, 0.05) is 36.2 Å². The summed E-state index contributed by atoms with van der Waals surface area (Å²) in [4.78, 5) is -0.493. The third kappa shape index (κ3) is 4.07. The van der Waals surface area contributed by atoms with Gasteiger partial charge < -0.3 is 10.1 Å². The van der Waals surface area contributed by atoms with Crippen molar-refractivity contribution < 1.29 is 17.5 Å². The smallest absolute Gasteiger partial charge is 0.249 e. The minimum atomic E-state index is -4.04. The first-order chi connectivity index (χ1) is 11.9. The number of rotatable bonds is 4. The number of hydrogen-bond donors (Lipinski definition) is 1. The summed E-state index contributed by atoms with van der Waals surface area (Å²) < 4.78 is 47.0. The van der Waals surface area contributed by atoms with Gasteiger partial charge in [0.05, 0.1) is 0 Å². The molecule has 0 atom stereocenters. The Morgan fingerprint density at radius 3 is 2.36 bits per heavy atom. The van der Waals surface area contributed by atoms with Gasteiger partial charge in [0.1, 0.15) is 11.6 Å². The molecule has 0 bridgehead atoms. The van der Waals surface area contributed by atoms with Crippen molar-refractivity contribution >= 4 is 33.2 Å². The van der Waals surface area contributed by atoms with Crippen molar-refractivity contribution in [3.63, 3.8) is 0 Å². The monoisotopic (exact) mass is 404 g/mol. The first-order valence-electron chi connectivity index (χ1n) is 7.51. The highest BCUT2D eigenvalue weighted by Crippen LogP contribution is 2.35. The van der Waals surface area contributed by atoms with E-state index in [1.54, 1.807) is 0 Å². The summed E-state index contributed by atoms with van der Waals surface area (Å²) in [5.74, 6) is -0.763. The highest BCUT2D eigenvalue weighted by molar-refractivity contribution is 7.89. The number of benzene rings is 2. The molecule has 0 amide bonds. The van der Waals surface area contributed by atoms with Crippen LogP contribution in [0, 0.1) is 5.82 Å². The Labute approximate surface area is 155 Å². The van der Waals surface area contributed by atoms with Crippen LogP contribution in [0.1, 0.15) is 0 Å². The predicted octanol–water partition coefficient (Wildman–Crippen LogP) is 3.52. The van der Waals surface area contributed by atoms with Crippen molar-refractivity contribution in [1.82, 2.24) is 9.62 Å². The molecule has 0 radical (unpaired) electrons. The van der Waals surface area contributed by atoms with Gasteiger partial charge in [-0.1, -0.05) is 29.3 Å². The van der Waals surface area contributed by atoms with Crippen LogP contribution >= 0.6 is 23.2 Å². The maximum atomic E-state index is 14.4. The summed E-state index contributed by atoms with van der Waals surface area (Å²) in [6.45, 7) is 1.54. The molecular weight excluding hydrogens is 390 g/mol. The molecule has 1 fully saturated rings. The highest BCUT2D eigenvalue weighted by Gasteiger charge is 2.32. The Bertz CT molecular complexity index is 867. The molecule has 134 valence electrons. The second-order valence-electron chi connectivity index (χ2n) is 5.43. The Kier molecular flexibility index (Phi) is 5.50. The molecule has 3 rings (SSSR count). The maximum absolute atomic E-state index is 14.4. The molecule has 0 aromatic heterocycles. The van der Waals surface area contributed by atoms with Gasteiger partial charge in [-0.15, -0.1) is 0 Å². The van der Waals surface area contributed by atoms with E-state index >= 15 is 0 Å². The van der Waals surface area contributed by atoms with Crippen LogP contribution in [0.15, 0.2) is 41.3 Å². The van der Waals surface area contributed by atoms with Crippen LogP contribution in [0.3, 0.4) is 0 Å². The van der Waals surface area contributed by atoms with Crippen LogP contribution in [0.4, 0.5) is 4.39 Å². The van der Waals surface area contributed by atoms with E-state index in [2.05, 4.69) is 5.32 Å². The molecule has 0 aliphatic carbocycles. The average Bonchev–Trinajstić information content (AvgIpc) is 2.54. The van der Waals surface area contributed by atoms with Crippen molar-refractivity contribution in [2.45, 2.75) is 4.90 Å². The standard InChI is InChI=1S/C16H15Cl2FN2O3S/c17-11-8-12(18)10-13(9-11)24-15-3-1-2-14(19)16(15)25(22,23)21-6-4-20-5-7-21/h1-3,8-10,20H,4-7H2. The van der Waals surface area contributed by atoms with Crippen LogP contribution in [0.5, 0.6) is 11.5 Å². The summed E-state index contributed by atoms with van der Waals surface area (Å²) >= 11 is 11.9. The molecule has 5 nitrogen and oxygen atoms in total. The lowest BCUT2D eigenvalue weighted by Crippen LogP contribution is -2.46. The van der Waals surface area contributed by atoms with E-state index in [1.807, 2.05) is 0 Å². The molecule has 0 unspecified atom stereocenters. The van der Waals surface area contributed by atoms with Gasteiger partial charge >= 0.3 is 0 Å². The molecule has 1 saturated heterocycles. The number of sulfonamides is 1. The summed E-state index contributed by atoms with van der Waals surface area (Å²) in [5, 5.41) is 3.71. The molecule has 9 heteroatoms. The lowest BCUT2D eigenvalue weighted by molar-refractivity contribution is 0.355. The van der Waals surface area contributed by atoms with Crippen molar-refractivity contribution in [2.24, 2.45) is 0 Å². The number of ether oxygens (including phenoxy) is 1. The fraction of sp³-hybridized carbons (Fsp3) is 0.250. The Morgan fingerprint density at radius 1 is 1.08 bits per heavy atom. The third-order valence-electron chi connectivity index (χ3n) is 3.67. The predicted molar refractivity (Wildman–Crippen MR) is 94.6 cm³/mol. The quantitative estimate of drug-likeness (QED) is 0.846. The molecule has 1 aliphatic heterocycles. The van der Waals surface area contributed by atoms with Gasteiger partial charge in [0.15, 0.2) is 10.6 Å². The molecular formula is C16H15Cl2FN2O3S.